The van der Waals surface area contributed by atoms with E-state index in [9.17, 15) is 8.42 Å². The quantitative estimate of drug-likeness (QED) is 0.109. The highest BCUT2D eigenvalue weighted by Crippen LogP contribution is 2.33. The van der Waals surface area contributed by atoms with Crippen LogP contribution < -0.4 is 9.47 Å². The molecule has 50 heavy (non-hydrogen) atoms. The van der Waals surface area contributed by atoms with E-state index >= 15 is 0 Å². The fourth-order valence-electron chi connectivity index (χ4n) is 5.77. The summed E-state index contributed by atoms with van der Waals surface area (Å²) in [7, 11) is -1.77. The van der Waals surface area contributed by atoms with Gasteiger partial charge < -0.3 is 18.8 Å². The minimum absolute atomic E-state index is 0.0349. The molecule has 7 rings (SSSR count). The molecule has 0 bridgehead atoms. The smallest absolute Gasteiger partial charge is 0.297 e. The number of nitrogens with zero attached hydrogens (tertiary/aromatic N) is 4. The number of aryl methyl sites for hydroxylation is 2. The molecule has 0 radical (unpaired) electrons. The van der Waals surface area contributed by atoms with Gasteiger partial charge >= 0.3 is 0 Å². The van der Waals surface area contributed by atoms with Crippen molar-refractivity contribution in [3.05, 3.63) is 109 Å². The molecule has 1 unspecified atom stereocenters. The Morgan fingerprint density at radius 3 is 2.42 bits per heavy atom. The van der Waals surface area contributed by atoms with Gasteiger partial charge in [-0.3, -0.25) is 9.17 Å². The number of hydrogen-bond donors (Lipinski definition) is 0. The molecule has 0 saturated heterocycles. The number of hydrogen-bond acceptors (Lipinski definition) is 9. The van der Waals surface area contributed by atoms with Crippen LogP contribution in [0.25, 0.3) is 32.9 Å². The summed E-state index contributed by atoms with van der Waals surface area (Å²) in [6, 6.07) is 22.6. The molecule has 1 atom stereocenters. The van der Waals surface area contributed by atoms with Gasteiger partial charge in [-0.2, -0.15) is 8.42 Å². The van der Waals surface area contributed by atoms with E-state index in [1.54, 1.807) is 31.3 Å². The zero-order chi connectivity index (χ0) is 34.7. The Kier molecular flexibility index (Phi) is 9.50. The highest BCUT2D eigenvalue weighted by molar-refractivity contribution is 7.86. The van der Waals surface area contributed by atoms with Gasteiger partial charge in [0.1, 0.15) is 30.3 Å². The zero-order valence-electron chi connectivity index (χ0n) is 27.9. The molecular weight excluding hydrogens is 653 g/mol. The van der Waals surface area contributed by atoms with E-state index in [0.717, 1.165) is 46.0 Å². The average Bonchev–Trinajstić information content (AvgIpc) is 3.40. The van der Waals surface area contributed by atoms with Crippen LogP contribution in [0, 0.1) is 18.8 Å². The fraction of sp³-hybridized carbons (Fsp3) is 0.256. The first-order valence-electron chi connectivity index (χ1n) is 16.4. The molecule has 0 N–H and O–H groups in total. The standard InChI is InChI=1S/C39H36N4O6S/c1-26-6-12-34(13-7-26)50(44,45)47-25-27(2)46-18-4-5-30-10-11-31(23-41-30)48-32-20-33(21-32)49-39-15-9-29(22-42-39)28-8-14-35-36-24-40-17-16-37(36)43(3)38(35)19-28/h6-17,19,22-24,27,32-33H,18,20-21,25H2,1-3H3/t27?,32-,33-. The zero-order valence-corrected chi connectivity index (χ0v) is 28.8. The summed E-state index contributed by atoms with van der Waals surface area (Å²) in [5.74, 6) is 7.10. The van der Waals surface area contributed by atoms with Crippen molar-refractivity contribution < 1.29 is 26.8 Å². The molecule has 0 aliphatic heterocycles. The number of rotatable bonds is 11. The lowest BCUT2D eigenvalue weighted by molar-refractivity contribution is 0.00209. The molecule has 4 heterocycles. The monoisotopic (exact) mass is 688 g/mol. The molecule has 11 heteroatoms. The second kappa shape index (κ2) is 14.3. The van der Waals surface area contributed by atoms with Crippen LogP contribution in [0.1, 0.15) is 31.0 Å². The summed E-state index contributed by atoms with van der Waals surface area (Å²) in [4.78, 5) is 13.3. The topological polar surface area (TPSA) is 115 Å². The van der Waals surface area contributed by atoms with E-state index in [2.05, 4.69) is 56.6 Å². The van der Waals surface area contributed by atoms with Crippen molar-refractivity contribution in [3.63, 3.8) is 0 Å². The maximum Gasteiger partial charge on any atom is 0.297 e. The van der Waals surface area contributed by atoms with Crippen molar-refractivity contribution in [2.75, 3.05) is 13.2 Å². The van der Waals surface area contributed by atoms with Crippen LogP contribution >= 0.6 is 0 Å². The van der Waals surface area contributed by atoms with Crippen molar-refractivity contribution >= 4 is 31.9 Å². The van der Waals surface area contributed by atoms with Gasteiger partial charge in [0.2, 0.25) is 5.88 Å². The molecular formula is C39H36N4O6S. The van der Waals surface area contributed by atoms with Crippen LogP contribution in [-0.2, 0) is 26.1 Å². The van der Waals surface area contributed by atoms with E-state index in [-0.39, 0.29) is 30.3 Å². The van der Waals surface area contributed by atoms with E-state index in [1.807, 2.05) is 49.8 Å². The van der Waals surface area contributed by atoms with Crippen LogP contribution in [0.15, 0.2) is 102 Å². The first-order valence-corrected chi connectivity index (χ1v) is 17.8. The van der Waals surface area contributed by atoms with Crippen LogP contribution in [0.4, 0.5) is 0 Å². The molecule has 1 saturated carbocycles. The summed E-state index contributed by atoms with van der Waals surface area (Å²) in [5, 5.41) is 2.33. The Morgan fingerprint density at radius 2 is 1.66 bits per heavy atom. The van der Waals surface area contributed by atoms with Gasteiger partial charge in [0.05, 0.1) is 29.3 Å². The Bertz CT molecular complexity index is 2290. The summed E-state index contributed by atoms with van der Waals surface area (Å²) >= 11 is 0. The third kappa shape index (κ3) is 7.48. The normalized spacial score (nSPS) is 16.4. The summed E-state index contributed by atoms with van der Waals surface area (Å²) in [6.45, 7) is 3.61. The fourth-order valence-corrected chi connectivity index (χ4v) is 6.74. The highest BCUT2D eigenvalue weighted by atomic mass is 32.2. The van der Waals surface area contributed by atoms with Gasteiger partial charge in [-0.25, -0.2) is 9.97 Å². The van der Waals surface area contributed by atoms with E-state index in [0.29, 0.717) is 17.3 Å². The second-order valence-corrected chi connectivity index (χ2v) is 14.0. The van der Waals surface area contributed by atoms with Crippen LogP contribution in [0.3, 0.4) is 0 Å². The Morgan fingerprint density at radius 1 is 0.860 bits per heavy atom. The largest absolute Gasteiger partial charge is 0.489 e. The molecule has 2 aromatic carbocycles. The maximum atomic E-state index is 12.3. The van der Waals surface area contributed by atoms with Crippen LogP contribution in [-0.4, -0.2) is 59.5 Å². The Balaban J connectivity index is 0.834. The predicted molar refractivity (Wildman–Crippen MR) is 190 cm³/mol. The van der Waals surface area contributed by atoms with E-state index in [4.69, 9.17) is 18.4 Å². The second-order valence-electron chi connectivity index (χ2n) is 12.4. The third-order valence-corrected chi connectivity index (χ3v) is 9.98. The van der Waals surface area contributed by atoms with Crippen molar-refractivity contribution in [2.24, 2.45) is 7.05 Å². The van der Waals surface area contributed by atoms with Crippen molar-refractivity contribution in [2.45, 2.75) is 49.9 Å². The van der Waals surface area contributed by atoms with Gasteiger partial charge in [0, 0.05) is 66.4 Å². The van der Waals surface area contributed by atoms with Crippen molar-refractivity contribution in [1.29, 1.82) is 0 Å². The number of benzene rings is 2. The molecule has 4 aromatic heterocycles. The summed E-state index contributed by atoms with van der Waals surface area (Å²) < 4.78 is 49.8. The Hall–Kier alpha value is -5.28. The number of aromatic nitrogens is 4. The third-order valence-electron chi connectivity index (χ3n) is 8.68. The summed E-state index contributed by atoms with van der Waals surface area (Å²) in [5.41, 5.74) is 5.97. The Labute approximate surface area is 291 Å². The first-order chi connectivity index (χ1) is 24.2. The van der Waals surface area contributed by atoms with Crippen molar-refractivity contribution in [3.8, 4) is 34.6 Å². The molecule has 6 aromatic rings. The van der Waals surface area contributed by atoms with Gasteiger partial charge in [-0.05, 0) is 67.8 Å². The maximum absolute atomic E-state index is 12.3. The lowest BCUT2D eigenvalue weighted by Crippen LogP contribution is -2.41. The number of pyridine rings is 3. The molecule has 1 aliphatic rings. The van der Waals surface area contributed by atoms with Crippen molar-refractivity contribution in [1.82, 2.24) is 19.5 Å². The van der Waals surface area contributed by atoms with Crippen LogP contribution in [0.5, 0.6) is 11.6 Å². The van der Waals surface area contributed by atoms with Gasteiger partial charge in [-0.1, -0.05) is 35.7 Å². The van der Waals surface area contributed by atoms with E-state index in [1.165, 1.54) is 17.5 Å². The number of ether oxygens (including phenoxy) is 3. The predicted octanol–water partition coefficient (Wildman–Crippen LogP) is 6.64. The van der Waals surface area contributed by atoms with Gasteiger partial charge in [0.25, 0.3) is 10.1 Å². The molecule has 1 aliphatic carbocycles. The van der Waals surface area contributed by atoms with Gasteiger partial charge in [0.15, 0.2) is 0 Å². The van der Waals surface area contributed by atoms with E-state index < -0.39 is 16.2 Å². The molecule has 0 spiro atoms. The SMILES string of the molecule is Cc1ccc(S(=O)(=O)OCC(C)OCC#Cc2ccc(O[C@H]3C[C@H](Oc4ccc(-c5ccc6c7cnccc7n(C)c6c5)cn4)C3)cn2)cc1. The highest BCUT2D eigenvalue weighted by Gasteiger charge is 2.33. The van der Waals surface area contributed by atoms with Crippen LogP contribution in [0.2, 0.25) is 0 Å². The molecule has 1 fully saturated rings. The number of fused-ring (bicyclic) bond motifs is 3. The average molecular weight is 689 g/mol. The molecule has 10 nitrogen and oxygen atoms in total. The first kappa shape index (κ1) is 33.2. The molecule has 0 amide bonds. The molecule has 254 valence electrons. The summed E-state index contributed by atoms with van der Waals surface area (Å²) in [6.07, 6.45) is 8.35. The minimum atomic E-state index is -3.84. The van der Waals surface area contributed by atoms with Gasteiger partial charge in [-0.15, -0.1) is 0 Å². The minimum Gasteiger partial charge on any atom is -0.489 e. The lowest BCUT2D eigenvalue weighted by atomic mass is 9.92. The lowest BCUT2D eigenvalue weighted by Gasteiger charge is -2.34.